The van der Waals surface area contributed by atoms with Gasteiger partial charge in [-0.1, -0.05) is 17.7 Å². The van der Waals surface area contributed by atoms with Crippen LogP contribution in [0.25, 0.3) is 0 Å². The van der Waals surface area contributed by atoms with Gasteiger partial charge in [-0.3, -0.25) is 4.72 Å². The summed E-state index contributed by atoms with van der Waals surface area (Å²) in [6.07, 6.45) is 0. The van der Waals surface area contributed by atoms with Gasteiger partial charge in [-0.05, 0) is 59.0 Å². The van der Waals surface area contributed by atoms with Crippen molar-refractivity contribution in [2.45, 2.75) is 4.90 Å². The van der Waals surface area contributed by atoms with Crippen molar-refractivity contribution in [1.82, 2.24) is 0 Å². The lowest BCUT2D eigenvalue weighted by Crippen LogP contribution is -2.14. The van der Waals surface area contributed by atoms with Gasteiger partial charge >= 0.3 is 0 Å². The minimum atomic E-state index is -3.71. The first-order chi connectivity index (χ1) is 8.88. The van der Waals surface area contributed by atoms with Crippen LogP contribution in [0.2, 0.25) is 5.02 Å². The van der Waals surface area contributed by atoms with Gasteiger partial charge in [-0.2, -0.15) is 0 Å². The molecule has 4 nitrogen and oxygen atoms in total. The summed E-state index contributed by atoms with van der Waals surface area (Å²) in [5, 5.41) is 0.394. The van der Waals surface area contributed by atoms with Crippen LogP contribution in [0.5, 0.6) is 0 Å². The highest BCUT2D eigenvalue weighted by Gasteiger charge is 2.17. The maximum absolute atomic E-state index is 12.2. The van der Waals surface area contributed by atoms with E-state index in [1.165, 1.54) is 18.2 Å². The highest BCUT2D eigenvalue weighted by molar-refractivity contribution is 14.1. The molecule has 0 saturated carbocycles. The first-order valence-electron chi connectivity index (χ1n) is 5.22. The normalized spacial score (nSPS) is 11.3. The second kappa shape index (κ2) is 5.56. The number of nitrogens with one attached hydrogen (secondary N) is 1. The van der Waals surface area contributed by atoms with E-state index in [2.05, 4.69) is 27.3 Å². The van der Waals surface area contributed by atoms with Crippen LogP contribution >= 0.6 is 34.2 Å². The molecule has 19 heavy (non-hydrogen) atoms. The van der Waals surface area contributed by atoms with Crippen molar-refractivity contribution in [3.8, 4) is 0 Å². The van der Waals surface area contributed by atoms with Crippen molar-refractivity contribution < 1.29 is 8.42 Å². The zero-order chi connectivity index (χ0) is 14.0. The fraction of sp³-hybridized carbons (Fsp3) is 0. The molecule has 0 atom stereocenters. The number of rotatable bonds is 3. The molecule has 2 rings (SSSR count). The molecular weight excluding hydrogens is 399 g/mol. The predicted octanol–water partition coefficient (Wildman–Crippen LogP) is 3.33. The fourth-order valence-electron chi connectivity index (χ4n) is 1.53. The molecule has 0 aliphatic rings. The Bertz CT molecular complexity index is 719. The lowest BCUT2D eigenvalue weighted by Gasteiger charge is -2.10. The molecule has 3 N–H and O–H groups in total. The Balaban J connectivity index is 2.38. The van der Waals surface area contributed by atoms with E-state index in [4.69, 9.17) is 17.3 Å². The Labute approximate surface area is 130 Å². The van der Waals surface area contributed by atoms with Crippen LogP contribution in [-0.2, 0) is 10.0 Å². The van der Waals surface area contributed by atoms with Gasteiger partial charge in [0.05, 0.1) is 5.69 Å². The number of nitrogen functional groups attached to an aromatic ring is 1. The number of sulfonamides is 1. The number of hydrogen-bond donors (Lipinski definition) is 2. The molecule has 0 radical (unpaired) electrons. The summed E-state index contributed by atoms with van der Waals surface area (Å²) in [6, 6.07) is 11.3. The molecule has 0 unspecified atom stereocenters. The Kier molecular flexibility index (Phi) is 4.22. The van der Waals surface area contributed by atoms with Gasteiger partial charge in [0.25, 0.3) is 10.0 Å². The summed E-state index contributed by atoms with van der Waals surface area (Å²) in [7, 11) is -3.71. The topological polar surface area (TPSA) is 72.2 Å². The largest absolute Gasteiger partial charge is 0.398 e. The van der Waals surface area contributed by atoms with Crippen LogP contribution in [0.4, 0.5) is 11.4 Å². The van der Waals surface area contributed by atoms with Crippen LogP contribution in [0.3, 0.4) is 0 Å². The molecular formula is C12H10ClIN2O2S. The van der Waals surface area contributed by atoms with Crippen LogP contribution < -0.4 is 10.5 Å². The quantitative estimate of drug-likeness (QED) is 0.604. The van der Waals surface area contributed by atoms with Gasteiger partial charge in [-0.15, -0.1) is 0 Å². The summed E-state index contributed by atoms with van der Waals surface area (Å²) < 4.78 is 27.8. The lowest BCUT2D eigenvalue weighted by molar-refractivity contribution is 0.601. The first-order valence-corrected chi connectivity index (χ1v) is 8.16. The van der Waals surface area contributed by atoms with Gasteiger partial charge in [0, 0.05) is 14.3 Å². The van der Waals surface area contributed by atoms with Crippen molar-refractivity contribution in [2.75, 3.05) is 10.5 Å². The summed E-state index contributed by atoms with van der Waals surface area (Å²) in [4.78, 5) is 0.00996. The monoisotopic (exact) mass is 408 g/mol. The van der Waals surface area contributed by atoms with Crippen molar-refractivity contribution in [3.05, 3.63) is 51.1 Å². The van der Waals surface area contributed by atoms with Crippen LogP contribution in [0.1, 0.15) is 0 Å². The Hall–Kier alpha value is -0.990. The second-order valence-corrected chi connectivity index (χ2v) is 7.13. The van der Waals surface area contributed by atoms with Gasteiger partial charge in [-0.25, -0.2) is 8.42 Å². The van der Waals surface area contributed by atoms with Crippen LogP contribution in [0.15, 0.2) is 47.4 Å². The van der Waals surface area contributed by atoms with E-state index >= 15 is 0 Å². The molecule has 0 aromatic heterocycles. The Morgan fingerprint density at radius 3 is 2.53 bits per heavy atom. The van der Waals surface area contributed by atoms with Gasteiger partial charge in [0.1, 0.15) is 4.90 Å². The van der Waals surface area contributed by atoms with Crippen molar-refractivity contribution in [3.63, 3.8) is 0 Å². The van der Waals surface area contributed by atoms with Gasteiger partial charge in [0.2, 0.25) is 0 Å². The molecule has 2 aromatic carbocycles. The van der Waals surface area contributed by atoms with Crippen LogP contribution in [-0.4, -0.2) is 8.42 Å². The second-order valence-electron chi connectivity index (χ2n) is 3.80. The maximum Gasteiger partial charge on any atom is 0.263 e. The van der Waals surface area contributed by atoms with E-state index in [9.17, 15) is 8.42 Å². The molecule has 0 amide bonds. The van der Waals surface area contributed by atoms with E-state index in [1.807, 2.05) is 6.07 Å². The van der Waals surface area contributed by atoms with Crippen molar-refractivity contribution in [2.24, 2.45) is 0 Å². The third kappa shape index (κ3) is 3.52. The predicted molar refractivity (Wildman–Crippen MR) is 85.8 cm³/mol. The molecule has 0 aliphatic carbocycles. The number of nitrogens with two attached hydrogens (primary N) is 1. The van der Waals surface area contributed by atoms with Gasteiger partial charge < -0.3 is 5.73 Å². The highest BCUT2D eigenvalue weighted by Crippen LogP contribution is 2.25. The van der Waals surface area contributed by atoms with Crippen LogP contribution in [0, 0.1) is 3.57 Å². The molecule has 2 aromatic rings. The maximum atomic E-state index is 12.2. The minimum Gasteiger partial charge on any atom is -0.398 e. The zero-order valence-corrected chi connectivity index (χ0v) is 13.3. The standard InChI is InChI=1S/C12H10ClIN2O2S/c13-8-4-5-12(11(15)6-8)19(17,18)16-10-3-1-2-9(14)7-10/h1-7,16H,15H2. The zero-order valence-electron chi connectivity index (χ0n) is 9.60. The fourth-order valence-corrected chi connectivity index (χ4v) is 3.41. The molecule has 0 heterocycles. The summed E-state index contributed by atoms with van der Waals surface area (Å²) in [5.41, 5.74) is 6.29. The SMILES string of the molecule is Nc1cc(Cl)ccc1S(=O)(=O)Nc1cccc(I)c1. The van der Waals surface area contributed by atoms with E-state index in [-0.39, 0.29) is 10.6 Å². The van der Waals surface area contributed by atoms with Crippen molar-refractivity contribution in [1.29, 1.82) is 0 Å². The third-order valence-electron chi connectivity index (χ3n) is 2.34. The van der Waals surface area contributed by atoms with Crippen molar-refractivity contribution >= 4 is 55.6 Å². The lowest BCUT2D eigenvalue weighted by atomic mass is 10.3. The molecule has 0 aliphatic heterocycles. The number of benzene rings is 2. The smallest absolute Gasteiger partial charge is 0.263 e. The van der Waals surface area contributed by atoms with E-state index in [1.54, 1.807) is 18.2 Å². The molecule has 0 fully saturated rings. The number of anilines is 2. The first kappa shape index (κ1) is 14.4. The minimum absolute atomic E-state index is 0.00996. The van der Waals surface area contributed by atoms with E-state index in [0.717, 1.165) is 3.57 Å². The van der Waals surface area contributed by atoms with E-state index < -0.39 is 10.0 Å². The highest BCUT2D eigenvalue weighted by atomic mass is 127. The summed E-state index contributed by atoms with van der Waals surface area (Å²) >= 11 is 7.86. The molecule has 0 bridgehead atoms. The Morgan fingerprint density at radius 2 is 1.89 bits per heavy atom. The summed E-state index contributed by atoms with van der Waals surface area (Å²) in [5.74, 6) is 0. The Morgan fingerprint density at radius 1 is 1.16 bits per heavy atom. The summed E-state index contributed by atoms with van der Waals surface area (Å²) in [6.45, 7) is 0. The average Bonchev–Trinajstić information content (AvgIpc) is 2.27. The molecule has 0 saturated heterocycles. The molecule has 7 heteroatoms. The molecule has 0 spiro atoms. The van der Waals surface area contributed by atoms with E-state index in [0.29, 0.717) is 10.7 Å². The number of halogens is 2. The third-order valence-corrected chi connectivity index (χ3v) is 4.70. The van der Waals surface area contributed by atoms with Gasteiger partial charge in [0.15, 0.2) is 0 Å². The average molecular weight is 409 g/mol. The molecule has 100 valence electrons. The number of hydrogen-bond acceptors (Lipinski definition) is 3.